The summed E-state index contributed by atoms with van der Waals surface area (Å²) in [7, 11) is -2.96. The second-order valence-electron chi connectivity index (χ2n) is 4.30. The molecule has 5 heteroatoms. The van der Waals surface area contributed by atoms with Gasteiger partial charge in [-0.05, 0) is 36.5 Å². The molecule has 0 bridgehead atoms. The zero-order valence-corrected chi connectivity index (χ0v) is 11.3. The van der Waals surface area contributed by atoms with E-state index in [1.807, 2.05) is 12.1 Å². The maximum atomic E-state index is 11.0. The molecule has 0 saturated heterocycles. The first-order valence-electron chi connectivity index (χ1n) is 5.44. The average Bonchev–Trinajstić information content (AvgIpc) is 2.25. The minimum absolute atomic E-state index is 0.00184. The monoisotopic (exact) mass is 276 g/mol. The fraction of sp³-hybridized carbons (Fsp3) is 0.500. The van der Waals surface area contributed by atoms with E-state index in [0.29, 0.717) is 17.9 Å². The summed E-state index contributed by atoms with van der Waals surface area (Å²) >= 11 is 5.77. The Bertz CT molecular complexity index is 439. The minimum atomic E-state index is -2.96. The van der Waals surface area contributed by atoms with Crippen LogP contribution in [-0.4, -0.2) is 32.1 Å². The summed E-state index contributed by atoms with van der Waals surface area (Å²) in [4.78, 5) is 0. The molecule has 0 radical (unpaired) electrons. The van der Waals surface area contributed by atoms with E-state index in [0.717, 1.165) is 5.56 Å². The Morgan fingerprint density at radius 3 is 2.35 bits per heavy atom. The molecule has 0 aliphatic heterocycles. The Balaban J connectivity index is 2.55. The third-order valence-electron chi connectivity index (χ3n) is 2.59. The number of halogens is 1. The molecular weight excluding hydrogens is 260 g/mol. The zero-order chi connectivity index (χ0) is 12.9. The highest BCUT2D eigenvalue weighted by Crippen LogP contribution is 2.15. The molecule has 0 spiro atoms. The lowest BCUT2D eigenvalue weighted by Gasteiger charge is -2.13. The Hall–Kier alpha value is -0.580. The second-order valence-corrected chi connectivity index (χ2v) is 6.99. The lowest BCUT2D eigenvalue weighted by atomic mass is 9.98. The predicted octanol–water partition coefficient (Wildman–Crippen LogP) is 1.93. The summed E-state index contributed by atoms with van der Waals surface area (Å²) in [6.07, 6.45) is 2.37. The van der Waals surface area contributed by atoms with Gasteiger partial charge in [-0.1, -0.05) is 23.7 Å². The lowest BCUT2D eigenvalue weighted by molar-refractivity contribution is 0.222. The van der Waals surface area contributed by atoms with Crippen LogP contribution in [-0.2, 0) is 16.3 Å². The molecule has 1 aromatic carbocycles. The van der Waals surface area contributed by atoms with Gasteiger partial charge < -0.3 is 5.11 Å². The van der Waals surface area contributed by atoms with E-state index in [1.165, 1.54) is 6.26 Å². The van der Waals surface area contributed by atoms with Gasteiger partial charge in [0.25, 0.3) is 0 Å². The Morgan fingerprint density at radius 2 is 1.88 bits per heavy atom. The molecule has 3 nitrogen and oxygen atoms in total. The lowest BCUT2D eigenvalue weighted by Crippen LogP contribution is -2.15. The Kier molecular flexibility index (Phi) is 5.43. The van der Waals surface area contributed by atoms with Gasteiger partial charge in [0.15, 0.2) is 0 Å². The van der Waals surface area contributed by atoms with Crippen LogP contribution in [0.15, 0.2) is 24.3 Å². The quantitative estimate of drug-likeness (QED) is 0.864. The van der Waals surface area contributed by atoms with Gasteiger partial charge in [0.05, 0.1) is 5.75 Å². The van der Waals surface area contributed by atoms with Crippen LogP contribution in [0.2, 0.25) is 5.02 Å². The molecular formula is C12H17ClO3S. The van der Waals surface area contributed by atoms with Gasteiger partial charge >= 0.3 is 0 Å². The van der Waals surface area contributed by atoms with Crippen molar-refractivity contribution in [1.82, 2.24) is 0 Å². The van der Waals surface area contributed by atoms with Crippen molar-refractivity contribution in [1.29, 1.82) is 0 Å². The van der Waals surface area contributed by atoms with E-state index >= 15 is 0 Å². The molecule has 1 atom stereocenters. The van der Waals surface area contributed by atoms with Crippen molar-refractivity contribution < 1.29 is 13.5 Å². The molecule has 0 aromatic heterocycles. The third-order valence-corrected chi connectivity index (χ3v) is 3.82. The zero-order valence-electron chi connectivity index (χ0n) is 9.77. The minimum Gasteiger partial charge on any atom is -0.396 e. The Labute approximate surface area is 107 Å². The fourth-order valence-corrected chi connectivity index (χ4v) is 2.48. The molecule has 0 aliphatic carbocycles. The predicted molar refractivity (Wildman–Crippen MR) is 70.1 cm³/mol. The second kappa shape index (κ2) is 6.38. The number of hydrogen-bond acceptors (Lipinski definition) is 3. The van der Waals surface area contributed by atoms with E-state index in [-0.39, 0.29) is 18.3 Å². The molecule has 96 valence electrons. The number of hydrogen-bond donors (Lipinski definition) is 1. The number of aliphatic hydroxyl groups is 1. The van der Waals surface area contributed by atoms with E-state index < -0.39 is 9.84 Å². The van der Waals surface area contributed by atoms with Crippen LogP contribution in [0.3, 0.4) is 0 Å². The number of aliphatic hydroxyl groups excluding tert-OH is 1. The van der Waals surface area contributed by atoms with E-state index in [9.17, 15) is 13.5 Å². The van der Waals surface area contributed by atoms with Crippen molar-refractivity contribution in [2.45, 2.75) is 12.8 Å². The molecule has 1 N–H and O–H groups in total. The van der Waals surface area contributed by atoms with Crippen molar-refractivity contribution >= 4 is 21.4 Å². The van der Waals surface area contributed by atoms with Crippen LogP contribution in [0.25, 0.3) is 0 Å². The summed E-state index contributed by atoms with van der Waals surface area (Å²) in [5.74, 6) is 0.0946. The highest BCUT2D eigenvalue weighted by Gasteiger charge is 2.12. The van der Waals surface area contributed by atoms with Gasteiger partial charge in [0.1, 0.15) is 9.84 Å². The molecule has 0 amide bonds. The maximum absolute atomic E-state index is 11.0. The highest BCUT2D eigenvalue weighted by molar-refractivity contribution is 7.90. The molecule has 1 unspecified atom stereocenters. The number of rotatable bonds is 6. The van der Waals surface area contributed by atoms with Crippen molar-refractivity contribution in [3.63, 3.8) is 0 Å². The summed E-state index contributed by atoms with van der Waals surface area (Å²) in [5, 5.41) is 9.89. The van der Waals surface area contributed by atoms with Crippen molar-refractivity contribution in [3.05, 3.63) is 34.9 Å². The normalized spacial score (nSPS) is 13.6. The molecule has 1 aromatic rings. The topological polar surface area (TPSA) is 54.4 Å². The molecule has 0 fully saturated rings. The molecule has 17 heavy (non-hydrogen) atoms. The van der Waals surface area contributed by atoms with Gasteiger partial charge in [-0.2, -0.15) is 0 Å². The van der Waals surface area contributed by atoms with Crippen LogP contribution in [0, 0.1) is 5.92 Å². The van der Waals surface area contributed by atoms with Gasteiger partial charge in [0, 0.05) is 17.9 Å². The average molecular weight is 277 g/mol. The largest absolute Gasteiger partial charge is 0.396 e. The van der Waals surface area contributed by atoms with Crippen LogP contribution in [0.5, 0.6) is 0 Å². The number of sulfone groups is 1. The summed E-state index contributed by atoms with van der Waals surface area (Å²) < 4.78 is 22.1. The Morgan fingerprint density at radius 1 is 1.29 bits per heavy atom. The van der Waals surface area contributed by atoms with Crippen molar-refractivity contribution in [2.24, 2.45) is 5.92 Å². The molecule has 0 aliphatic rings. The van der Waals surface area contributed by atoms with E-state index in [4.69, 9.17) is 11.6 Å². The van der Waals surface area contributed by atoms with E-state index in [2.05, 4.69) is 0 Å². The highest BCUT2D eigenvalue weighted by atomic mass is 35.5. The van der Waals surface area contributed by atoms with Crippen molar-refractivity contribution in [2.75, 3.05) is 18.6 Å². The van der Waals surface area contributed by atoms with Crippen LogP contribution < -0.4 is 0 Å². The first-order chi connectivity index (χ1) is 7.90. The molecule has 1 rings (SSSR count). The standard InChI is InChI=1S/C12H17ClO3S/c1-17(15,16)7-6-11(9-14)8-10-2-4-12(13)5-3-10/h2-5,11,14H,6-9H2,1H3. The maximum Gasteiger partial charge on any atom is 0.147 e. The molecule has 0 saturated carbocycles. The van der Waals surface area contributed by atoms with Crippen molar-refractivity contribution in [3.8, 4) is 0 Å². The van der Waals surface area contributed by atoms with Gasteiger partial charge in [-0.3, -0.25) is 0 Å². The van der Waals surface area contributed by atoms with Crippen LogP contribution >= 0.6 is 11.6 Å². The number of benzene rings is 1. The first-order valence-corrected chi connectivity index (χ1v) is 7.87. The van der Waals surface area contributed by atoms with E-state index in [1.54, 1.807) is 12.1 Å². The third kappa shape index (κ3) is 6.05. The first kappa shape index (κ1) is 14.5. The molecule has 0 heterocycles. The van der Waals surface area contributed by atoms with Gasteiger partial charge in [-0.15, -0.1) is 0 Å². The summed E-state index contributed by atoms with van der Waals surface area (Å²) in [5.41, 5.74) is 1.06. The van der Waals surface area contributed by atoms with Gasteiger partial charge in [0.2, 0.25) is 0 Å². The van der Waals surface area contributed by atoms with Gasteiger partial charge in [-0.25, -0.2) is 8.42 Å². The smallest absolute Gasteiger partial charge is 0.147 e. The van der Waals surface area contributed by atoms with Crippen LogP contribution in [0.4, 0.5) is 0 Å². The summed E-state index contributed by atoms with van der Waals surface area (Å²) in [6.45, 7) is -0.00184. The SMILES string of the molecule is CS(=O)(=O)CCC(CO)Cc1ccc(Cl)cc1. The summed E-state index contributed by atoms with van der Waals surface area (Å²) in [6, 6.07) is 7.38. The fourth-order valence-electron chi connectivity index (χ4n) is 1.59. The van der Waals surface area contributed by atoms with Crippen LogP contribution in [0.1, 0.15) is 12.0 Å².